The fourth-order valence-electron chi connectivity index (χ4n) is 2.24. The van der Waals surface area contributed by atoms with E-state index in [0.29, 0.717) is 0 Å². The maximum atomic E-state index is 5.81. The fraction of sp³-hybridized carbons (Fsp3) is 0.900. The Labute approximate surface area is 158 Å². The molecule has 4 nitrogen and oxygen atoms in total. The van der Waals surface area contributed by atoms with E-state index in [4.69, 9.17) is 18.0 Å². The van der Waals surface area contributed by atoms with Gasteiger partial charge in [0.1, 0.15) is 6.79 Å². The average Bonchev–Trinajstić information content (AvgIpc) is 2.66. The molecule has 0 unspecified atom stereocenters. The average molecular weight is 377 g/mol. The van der Waals surface area contributed by atoms with Gasteiger partial charge < -0.3 is 18.0 Å². The molecule has 0 aliphatic rings. The van der Waals surface area contributed by atoms with Crippen molar-refractivity contribution in [2.24, 2.45) is 0 Å². The molecule has 0 spiro atoms. The molecule has 0 aromatic carbocycles. The number of unbranched alkanes of at least 4 members (excludes halogenated alkanes) is 7. The molecular weight excluding hydrogens is 332 g/mol. The first-order chi connectivity index (χ1) is 12.2. The van der Waals surface area contributed by atoms with Gasteiger partial charge in [0.05, 0.1) is 0 Å². The molecule has 0 N–H and O–H groups in total. The second-order valence-corrected chi connectivity index (χ2v) is 9.12. The van der Waals surface area contributed by atoms with E-state index in [9.17, 15) is 0 Å². The van der Waals surface area contributed by atoms with E-state index >= 15 is 0 Å². The molecule has 0 aromatic rings. The molecular formula is C20H44O4Si. The molecule has 0 amide bonds. The molecule has 0 saturated carbocycles. The lowest BCUT2D eigenvalue weighted by Crippen LogP contribution is -2.44. The second kappa shape index (κ2) is 21.8. The van der Waals surface area contributed by atoms with Gasteiger partial charge in [-0.3, -0.25) is 0 Å². The van der Waals surface area contributed by atoms with E-state index in [-0.39, 0.29) is 6.79 Å². The summed E-state index contributed by atoms with van der Waals surface area (Å²) >= 11 is 0. The van der Waals surface area contributed by atoms with Crippen molar-refractivity contribution in [3.63, 3.8) is 0 Å². The zero-order chi connectivity index (χ0) is 19.2. The fourth-order valence-corrected chi connectivity index (χ4v) is 4.14. The Bertz CT molecular complexity index is 246. The van der Waals surface area contributed by atoms with Gasteiger partial charge in [0.15, 0.2) is 0 Å². The highest BCUT2D eigenvalue weighted by Gasteiger charge is 2.38. The molecule has 0 rings (SSSR count). The number of ether oxygens (including phenoxy) is 1. The third-order valence-corrected chi connectivity index (χ3v) is 6.81. The van der Waals surface area contributed by atoms with Gasteiger partial charge in [0.25, 0.3) is 0 Å². The van der Waals surface area contributed by atoms with E-state index in [1.165, 1.54) is 44.9 Å². The molecule has 0 heterocycles. The minimum Gasteiger partial charge on any atom is -0.377 e. The Morgan fingerprint density at radius 3 is 1.76 bits per heavy atom. The zero-order valence-corrected chi connectivity index (χ0v) is 18.8. The minimum atomic E-state index is -2.51. The summed E-state index contributed by atoms with van der Waals surface area (Å²) in [5.74, 6) is 0. The topological polar surface area (TPSA) is 36.9 Å². The third kappa shape index (κ3) is 18.4. The number of rotatable bonds is 16. The highest BCUT2D eigenvalue weighted by Crippen LogP contribution is 2.19. The summed E-state index contributed by atoms with van der Waals surface area (Å²) in [6.07, 6.45) is 15.1. The van der Waals surface area contributed by atoms with Gasteiger partial charge in [0, 0.05) is 26.9 Å². The standard InChI is InChI=1S/C16H36O4Si.C4H8/c1-5-7-9-10-11-13-15-21(17-3,18-4)20-16-19-14-12-8-6-2;1-3-4-2/h5-16H2,1-4H3;3-4H,1-2H3. The van der Waals surface area contributed by atoms with Gasteiger partial charge in [-0.2, -0.15) is 0 Å². The van der Waals surface area contributed by atoms with E-state index in [1.807, 2.05) is 26.0 Å². The molecule has 0 fully saturated rings. The van der Waals surface area contributed by atoms with Gasteiger partial charge >= 0.3 is 8.80 Å². The molecule has 25 heavy (non-hydrogen) atoms. The van der Waals surface area contributed by atoms with Crippen LogP contribution in [0.15, 0.2) is 12.2 Å². The van der Waals surface area contributed by atoms with Crippen molar-refractivity contribution in [2.75, 3.05) is 27.6 Å². The van der Waals surface area contributed by atoms with Gasteiger partial charge in [-0.1, -0.05) is 70.9 Å². The lowest BCUT2D eigenvalue weighted by atomic mass is 10.1. The molecule has 0 atom stereocenters. The van der Waals surface area contributed by atoms with Crippen LogP contribution in [0.25, 0.3) is 0 Å². The Morgan fingerprint density at radius 2 is 1.24 bits per heavy atom. The van der Waals surface area contributed by atoms with Gasteiger partial charge in [-0.25, -0.2) is 0 Å². The molecule has 0 aromatic heterocycles. The molecule has 0 aliphatic heterocycles. The quantitative estimate of drug-likeness (QED) is 0.136. The smallest absolute Gasteiger partial charge is 0.377 e. The van der Waals surface area contributed by atoms with E-state index in [2.05, 4.69) is 13.8 Å². The second-order valence-electron chi connectivity index (χ2n) is 6.15. The summed E-state index contributed by atoms with van der Waals surface area (Å²) in [7, 11) is 0.863. The van der Waals surface area contributed by atoms with Crippen LogP contribution in [-0.2, 0) is 18.0 Å². The van der Waals surface area contributed by atoms with Crippen molar-refractivity contribution >= 4 is 8.80 Å². The lowest BCUT2D eigenvalue weighted by Gasteiger charge is -2.26. The zero-order valence-electron chi connectivity index (χ0n) is 17.8. The van der Waals surface area contributed by atoms with Crippen molar-refractivity contribution in [3.8, 4) is 0 Å². The van der Waals surface area contributed by atoms with E-state index in [1.54, 1.807) is 14.2 Å². The van der Waals surface area contributed by atoms with Crippen LogP contribution in [0, 0.1) is 0 Å². The first kappa shape index (κ1) is 27.0. The molecule has 0 aliphatic carbocycles. The summed E-state index contributed by atoms with van der Waals surface area (Å²) in [5.41, 5.74) is 0. The van der Waals surface area contributed by atoms with Gasteiger partial charge in [-0.05, 0) is 26.7 Å². The Balaban J connectivity index is 0. The largest absolute Gasteiger partial charge is 0.502 e. The Morgan fingerprint density at radius 1 is 0.720 bits per heavy atom. The van der Waals surface area contributed by atoms with Crippen molar-refractivity contribution in [1.82, 2.24) is 0 Å². The third-order valence-electron chi connectivity index (χ3n) is 4.05. The molecule has 5 heteroatoms. The predicted octanol–water partition coefficient (Wildman–Crippen LogP) is 6.34. The summed E-state index contributed by atoms with van der Waals surface area (Å²) < 4.78 is 22.4. The van der Waals surface area contributed by atoms with Crippen LogP contribution in [0.5, 0.6) is 0 Å². The maximum Gasteiger partial charge on any atom is 0.502 e. The van der Waals surface area contributed by atoms with Crippen LogP contribution in [0.4, 0.5) is 0 Å². The molecule has 0 bridgehead atoms. The van der Waals surface area contributed by atoms with Crippen molar-refractivity contribution < 1.29 is 18.0 Å². The maximum absolute atomic E-state index is 5.81. The van der Waals surface area contributed by atoms with Gasteiger partial charge in [-0.15, -0.1) is 0 Å². The van der Waals surface area contributed by atoms with Crippen LogP contribution in [0.1, 0.15) is 85.5 Å². The summed E-state index contributed by atoms with van der Waals surface area (Å²) in [5, 5.41) is 0. The first-order valence-electron chi connectivity index (χ1n) is 10.1. The number of allylic oxidation sites excluding steroid dienone is 2. The van der Waals surface area contributed by atoms with E-state index in [0.717, 1.165) is 25.5 Å². The number of hydrogen-bond donors (Lipinski definition) is 0. The van der Waals surface area contributed by atoms with Crippen LogP contribution in [0.3, 0.4) is 0 Å². The Hall–Kier alpha value is -0.203. The summed E-state index contributed by atoms with van der Waals surface area (Å²) in [6.45, 7) is 9.46. The van der Waals surface area contributed by atoms with E-state index < -0.39 is 8.80 Å². The summed E-state index contributed by atoms with van der Waals surface area (Å²) in [4.78, 5) is 0. The highest BCUT2D eigenvalue weighted by atomic mass is 28.4. The highest BCUT2D eigenvalue weighted by molar-refractivity contribution is 6.60. The van der Waals surface area contributed by atoms with Crippen LogP contribution >= 0.6 is 0 Å². The van der Waals surface area contributed by atoms with Crippen molar-refractivity contribution in [3.05, 3.63) is 12.2 Å². The van der Waals surface area contributed by atoms with Crippen LogP contribution in [0.2, 0.25) is 6.04 Å². The molecule has 152 valence electrons. The molecule has 0 radical (unpaired) electrons. The number of hydrogen-bond acceptors (Lipinski definition) is 4. The van der Waals surface area contributed by atoms with Crippen molar-refractivity contribution in [1.29, 1.82) is 0 Å². The van der Waals surface area contributed by atoms with Crippen LogP contribution in [-0.4, -0.2) is 36.4 Å². The normalized spacial score (nSPS) is 11.6. The Kier molecular flexibility index (Phi) is 23.6. The summed E-state index contributed by atoms with van der Waals surface area (Å²) in [6, 6.07) is 0.879. The minimum absolute atomic E-state index is 0.285. The SMILES string of the molecule is CC=CC.CCCCCCCC[Si](OC)(OC)OCOCCCCC. The lowest BCUT2D eigenvalue weighted by molar-refractivity contribution is -0.0339. The van der Waals surface area contributed by atoms with Crippen LogP contribution < -0.4 is 0 Å². The predicted molar refractivity (Wildman–Crippen MR) is 110 cm³/mol. The van der Waals surface area contributed by atoms with Crippen molar-refractivity contribution in [2.45, 2.75) is 91.5 Å². The molecule has 0 saturated heterocycles. The van der Waals surface area contributed by atoms with Gasteiger partial charge in [0.2, 0.25) is 0 Å². The monoisotopic (exact) mass is 376 g/mol. The first-order valence-corrected chi connectivity index (χ1v) is 12.0.